The van der Waals surface area contributed by atoms with Crippen LogP contribution in [-0.4, -0.2) is 4.98 Å². The lowest BCUT2D eigenvalue weighted by Crippen LogP contribution is -2.00. The van der Waals surface area contributed by atoms with Crippen molar-refractivity contribution in [3.63, 3.8) is 0 Å². The van der Waals surface area contributed by atoms with E-state index in [1.54, 1.807) is 30.3 Å². The molecular formula is C20H12ClNO3. The van der Waals surface area contributed by atoms with E-state index >= 15 is 0 Å². The fraction of sp³-hybridized carbons (Fsp3) is 0. The maximum Gasteiger partial charge on any atom is 0.219 e. The van der Waals surface area contributed by atoms with E-state index in [4.69, 9.17) is 20.8 Å². The zero-order valence-electron chi connectivity index (χ0n) is 13.0. The molecule has 25 heavy (non-hydrogen) atoms. The molecule has 0 radical (unpaired) electrons. The predicted octanol–water partition coefficient (Wildman–Crippen LogP) is 5.30. The van der Waals surface area contributed by atoms with Crippen molar-refractivity contribution in [1.82, 2.24) is 4.98 Å². The fourth-order valence-electron chi connectivity index (χ4n) is 2.49. The molecule has 122 valence electrons. The predicted molar refractivity (Wildman–Crippen MR) is 97.2 cm³/mol. The molecule has 5 heteroatoms. The molecule has 4 nitrogen and oxygen atoms in total. The second-order valence-electron chi connectivity index (χ2n) is 5.42. The molecule has 0 amide bonds. The van der Waals surface area contributed by atoms with Crippen LogP contribution in [0.15, 0.2) is 82.1 Å². The van der Waals surface area contributed by atoms with Crippen LogP contribution in [0.5, 0.6) is 11.6 Å². The number of hydrogen-bond acceptors (Lipinski definition) is 4. The zero-order valence-corrected chi connectivity index (χ0v) is 13.7. The van der Waals surface area contributed by atoms with Crippen molar-refractivity contribution in [1.29, 1.82) is 0 Å². The van der Waals surface area contributed by atoms with Gasteiger partial charge in [-0.15, -0.1) is 0 Å². The summed E-state index contributed by atoms with van der Waals surface area (Å²) in [5.74, 6) is 1.43. The van der Waals surface area contributed by atoms with Crippen LogP contribution in [0, 0.1) is 0 Å². The lowest BCUT2D eigenvalue weighted by atomic mass is 10.1. The Morgan fingerprint density at radius 2 is 1.80 bits per heavy atom. The number of halogens is 1. The van der Waals surface area contributed by atoms with Gasteiger partial charge in [0.1, 0.15) is 17.1 Å². The van der Waals surface area contributed by atoms with Gasteiger partial charge in [0.15, 0.2) is 5.43 Å². The number of nitrogens with zero attached hydrogens (tertiary/aromatic N) is 1. The van der Waals surface area contributed by atoms with E-state index in [0.29, 0.717) is 33.4 Å². The van der Waals surface area contributed by atoms with Gasteiger partial charge in [-0.3, -0.25) is 4.79 Å². The van der Waals surface area contributed by atoms with Crippen LogP contribution in [0.4, 0.5) is 0 Å². The molecule has 0 aliphatic carbocycles. The summed E-state index contributed by atoms with van der Waals surface area (Å²) < 4.78 is 11.5. The summed E-state index contributed by atoms with van der Waals surface area (Å²) >= 11 is 5.81. The third kappa shape index (κ3) is 3.25. The van der Waals surface area contributed by atoms with Gasteiger partial charge < -0.3 is 9.15 Å². The number of benzene rings is 2. The van der Waals surface area contributed by atoms with Crippen molar-refractivity contribution in [2.45, 2.75) is 0 Å². The third-order valence-corrected chi connectivity index (χ3v) is 3.90. The first-order valence-corrected chi connectivity index (χ1v) is 7.99. The highest BCUT2D eigenvalue weighted by Gasteiger charge is 2.09. The van der Waals surface area contributed by atoms with Crippen LogP contribution in [0.25, 0.3) is 22.3 Å². The van der Waals surface area contributed by atoms with Crippen LogP contribution >= 0.6 is 11.6 Å². The Kier molecular flexibility index (Phi) is 3.96. The number of fused-ring (bicyclic) bond motifs is 1. The van der Waals surface area contributed by atoms with E-state index in [1.807, 2.05) is 30.3 Å². The average Bonchev–Trinajstić information content (AvgIpc) is 2.65. The van der Waals surface area contributed by atoms with E-state index in [0.717, 1.165) is 5.56 Å². The number of ether oxygens (including phenoxy) is 1. The first-order valence-electron chi connectivity index (χ1n) is 7.62. The molecule has 0 saturated carbocycles. The van der Waals surface area contributed by atoms with Gasteiger partial charge in [-0.2, -0.15) is 0 Å². The van der Waals surface area contributed by atoms with E-state index < -0.39 is 0 Å². The second kappa shape index (κ2) is 6.42. The van der Waals surface area contributed by atoms with Gasteiger partial charge in [-0.05, 0) is 24.3 Å². The molecule has 2 aromatic heterocycles. The molecule has 0 spiro atoms. The maximum absolute atomic E-state index is 12.5. The lowest BCUT2D eigenvalue weighted by Gasteiger charge is -2.07. The van der Waals surface area contributed by atoms with E-state index in [9.17, 15) is 4.79 Å². The van der Waals surface area contributed by atoms with Gasteiger partial charge in [-0.1, -0.05) is 41.9 Å². The largest absolute Gasteiger partial charge is 0.456 e. The van der Waals surface area contributed by atoms with Gasteiger partial charge in [0.25, 0.3) is 0 Å². The van der Waals surface area contributed by atoms with Crippen molar-refractivity contribution in [3.8, 4) is 23.0 Å². The van der Waals surface area contributed by atoms with E-state index in [-0.39, 0.29) is 5.43 Å². The summed E-state index contributed by atoms with van der Waals surface area (Å²) in [4.78, 5) is 16.5. The van der Waals surface area contributed by atoms with Crippen LogP contribution < -0.4 is 10.2 Å². The highest BCUT2D eigenvalue weighted by atomic mass is 35.5. The summed E-state index contributed by atoms with van der Waals surface area (Å²) in [7, 11) is 0. The van der Waals surface area contributed by atoms with Crippen molar-refractivity contribution in [2.75, 3.05) is 0 Å². The topological polar surface area (TPSA) is 52.3 Å². The Morgan fingerprint density at radius 1 is 0.960 bits per heavy atom. The minimum Gasteiger partial charge on any atom is -0.456 e. The Morgan fingerprint density at radius 3 is 2.56 bits per heavy atom. The Labute approximate surface area is 148 Å². The van der Waals surface area contributed by atoms with Crippen LogP contribution in [0.3, 0.4) is 0 Å². The minimum absolute atomic E-state index is 0.130. The monoisotopic (exact) mass is 349 g/mol. The summed E-state index contributed by atoms with van der Waals surface area (Å²) in [5.41, 5.74) is 1.23. The van der Waals surface area contributed by atoms with Crippen LogP contribution in [0.2, 0.25) is 5.02 Å². The summed E-state index contributed by atoms with van der Waals surface area (Å²) in [6.07, 6.45) is 1.50. The average molecular weight is 350 g/mol. The smallest absolute Gasteiger partial charge is 0.219 e. The fourth-order valence-corrected chi connectivity index (χ4v) is 2.60. The first-order chi connectivity index (χ1) is 12.2. The Hall–Kier alpha value is -3.11. The molecule has 0 atom stereocenters. The number of hydrogen-bond donors (Lipinski definition) is 0. The quantitative estimate of drug-likeness (QED) is 0.503. The second-order valence-corrected chi connectivity index (χ2v) is 5.85. The Balaban J connectivity index is 1.73. The molecule has 0 fully saturated rings. The molecule has 0 aliphatic heterocycles. The number of pyridine rings is 1. The van der Waals surface area contributed by atoms with E-state index in [1.165, 1.54) is 12.3 Å². The first kappa shape index (κ1) is 15.4. The zero-order chi connectivity index (χ0) is 17.2. The molecule has 4 aromatic rings. The highest BCUT2D eigenvalue weighted by molar-refractivity contribution is 6.30. The number of rotatable bonds is 3. The Bertz CT molecular complexity index is 1090. The van der Waals surface area contributed by atoms with Crippen molar-refractivity contribution in [2.24, 2.45) is 0 Å². The molecule has 2 aromatic carbocycles. The highest BCUT2D eigenvalue weighted by Crippen LogP contribution is 2.26. The third-order valence-electron chi connectivity index (χ3n) is 3.68. The molecule has 2 heterocycles. The SMILES string of the molecule is O=c1cc(-c2ccccc2)oc2ccc(Oc3ccc(Cl)cn3)cc12. The van der Waals surface area contributed by atoms with Crippen molar-refractivity contribution >= 4 is 22.6 Å². The molecular weight excluding hydrogens is 338 g/mol. The van der Waals surface area contributed by atoms with Gasteiger partial charge in [-0.25, -0.2) is 4.98 Å². The normalized spacial score (nSPS) is 10.8. The number of aromatic nitrogens is 1. The summed E-state index contributed by atoms with van der Waals surface area (Å²) in [5, 5.41) is 0.978. The van der Waals surface area contributed by atoms with Gasteiger partial charge >= 0.3 is 0 Å². The van der Waals surface area contributed by atoms with Crippen LogP contribution in [0.1, 0.15) is 0 Å². The molecule has 0 aliphatic rings. The van der Waals surface area contributed by atoms with Gasteiger partial charge in [0.2, 0.25) is 5.88 Å². The standard InChI is InChI=1S/C20H12ClNO3/c21-14-6-9-20(22-12-14)24-15-7-8-18-16(10-15)17(23)11-19(25-18)13-4-2-1-3-5-13/h1-12H. The molecule has 4 rings (SSSR count). The van der Waals surface area contributed by atoms with Gasteiger partial charge in [0, 0.05) is 23.9 Å². The van der Waals surface area contributed by atoms with Crippen molar-refractivity contribution in [3.05, 3.63) is 88.2 Å². The van der Waals surface area contributed by atoms with Crippen LogP contribution in [-0.2, 0) is 0 Å². The minimum atomic E-state index is -0.130. The summed E-state index contributed by atoms with van der Waals surface area (Å²) in [6, 6.07) is 19.4. The molecule has 0 saturated heterocycles. The van der Waals surface area contributed by atoms with E-state index in [2.05, 4.69) is 4.98 Å². The lowest BCUT2D eigenvalue weighted by molar-refractivity contribution is 0.463. The van der Waals surface area contributed by atoms with Gasteiger partial charge in [0.05, 0.1) is 10.4 Å². The molecule has 0 bridgehead atoms. The summed E-state index contributed by atoms with van der Waals surface area (Å²) in [6.45, 7) is 0. The molecule has 0 N–H and O–H groups in total. The maximum atomic E-state index is 12.5. The van der Waals surface area contributed by atoms with Crippen molar-refractivity contribution < 1.29 is 9.15 Å². The molecule has 0 unspecified atom stereocenters.